The largest absolute Gasteiger partial charge is 0.478 e. The summed E-state index contributed by atoms with van der Waals surface area (Å²) in [5.74, 6) is 0.814. The molecule has 11 heavy (non-hydrogen) atoms. The molecule has 0 saturated carbocycles. The highest BCUT2D eigenvalue weighted by Gasteiger charge is 1.99. The molecule has 1 aromatic rings. The summed E-state index contributed by atoms with van der Waals surface area (Å²) in [6.07, 6.45) is 3.82. The first-order valence-corrected chi connectivity index (χ1v) is 3.95. The summed E-state index contributed by atoms with van der Waals surface area (Å²) in [5.41, 5.74) is 0. The highest BCUT2D eigenvalue weighted by Crippen LogP contribution is 2.08. The number of rotatable bonds is 4. The minimum atomic E-state index is 0.684. The van der Waals surface area contributed by atoms with E-state index in [-0.39, 0.29) is 0 Å². The van der Waals surface area contributed by atoms with Gasteiger partial charge < -0.3 is 4.74 Å². The number of nitrogens with zero attached hydrogens (tertiary/aromatic N) is 2. The van der Waals surface area contributed by atoms with Crippen molar-refractivity contribution >= 4 is 0 Å². The fourth-order valence-electron chi connectivity index (χ4n) is 0.914. The molecule has 0 atom stereocenters. The Bertz CT molecular complexity index is 187. The van der Waals surface area contributed by atoms with Gasteiger partial charge in [-0.25, -0.2) is 4.68 Å². The van der Waals surface area contributed by atoms with E-state index in [2.05, 4.69) is 18.2 Å². The minimum absolute atomic E-state index is 0.684. The summed E-state index contributed by atoms with van der Waals surface area (Å²) in [6, 6.07) is 1.76. The number of aromatic nitrogens is 2. The van der Waals surface area contributed by atoms with Gasteiger partial charge in [0.15, 0.2) is 0 Å². The molecule has 3 heteroatoms. The van der Waals surface area contributed by atoms with Crippen LogP contribution in [-0.4, -0.2) is 16.4 Å². The first-order valence-electron chi connectivity index (χ1n) is 3.95. The van der Waals surface area contributed by atoms with Crippen LogP contribution in [0.4, 0.5) is 0 Å². The zero-order chi connectivity index (χ0) is 8.10. The molecule has 1 aromatic heterocycles. The molecule has 0 fully saturated rings. The summed E-state index contributed by atoms with van der Waals surface area (Å²) in [5, 5.41) is 3.99. The van der Waals surface area contributed by atoms with Gasteiger partial charge in [-0.05, 0) is 13.3 Å². The highest BCUT2D eigenvalue weighted by atomic mass is 16.5. The van der Waals surface area contributed by atoms with E-state index in [1.165, 1.54) is 0 Å². The van der Waals surface area contributed by atoms with Gasteiger partial charge in [-0.2, -0.15) is 5.10 Å². The predicted molar refractivity (Wildman–Crippen MR) is 42.5 cm³/mol. The maximum atomic E-state index is 5.30. The fraction of sp³-hybridized carbons (Fsp3) is 0.625. The van der Waals surface area contributed by atoms with Crippen LogP contribution < -0.4 is 4.74 Å². The molecular formula is C8H13N2O. The lowest BCUT2D eigenvalue weighted by atomic mass is 10.5. The Kier molecular flexibility index (Phi) is 2.95. The van der Waals surface area contributed by atoms with E-state index in [1.54, 1.807) is 6.07 Å². The third-order valence-electron chi connectivity index (χ3n) is 1.35. The van der Waals surface area contributed by atoms with Crippen molar-refractivity contribution in [3.63, 3.8) is 0 Å². The van der Waals surface area contributed by atoms with Crippen LogP contribution in [-0.2, 0) is 6.54 Å². The monoisotopic (exact) mass is 153 g/mol. The third-order valence-corrected chi connectivity index (χ3v) is 1.35. The van der Waals surface area contributed by atoms with Crippen molar-refractivity contribution in [2.24, 2.45) is 0 Å². The van der Waals surface area contributed by atoms with Gasteiger partial charge in [0.05, 0.1) is 6.61 Å². The predicted octanol–water partition coefficient (Wildman–Crippen LogP) is 1.49. The molecule has 61 valence electrons. The van der Waals surface area contributed by atoms with E-state index in [1.807, 2.05) is 11.6 Å². The van der Waals surface area contributed by atoms with Gasteiger partial charge in [0, 0.05) is 12.6 Å². The van der Waals surface area contributed by atoms with Gasteiger partial charge in [-0.15, -0.1) is 0 Å². The second-order valence-corrected chi connectivity index (χ2v) is 2.27. The first kappa shape index (κ1) is 8.11. The van der Waals surface area contributed by atoms with E-state index in [0.717, 1.165) is 18.8 Å². The number of ether oxygens (including phenoxy) is 1. The average Bonchev–Trinajstić information content (AvgIpc) is 2.39. The summed E-state index contributed by atoms with van der Waals surface area (Å²) in [4.78, 5) is 0. The molecule has 1 radical (unpaired) electrons. The molecule has 0 N–H and O–H groups in total. The molecule has 0 spiro atoms. The SMILES string of the molecule is CCCn1n[c]cc1OCC. The fourth-order valence-corrected chi connectivity index (χ4v) is 0.914. The highest BCUT2D eigenvalue weighted by molar-refractivity contribution is 5.06. The molecule has 0 aliphatic heterocycles. The lowest BCUT2D eigenvalue weighted by Gasteiger charge is -2.04. The number of hydrogen-bond donors (Lipinski definition) is 0. The second-order valence-electron chi connectivity index (χ2n) is 2.27. The quantitative estimate of drug-likeness (QED) is 0.655. The first-order chi connectivity index (χ1) is 5.38. The van der Waals surface area contributed by atoms with Crippen molar-refractivity contribution in [3.05, 3.63) is 12.3 Å². The molecule has 0 aliphatic rings. The Hall–Kier alpha value is -0.990. The molecule has 0 saturated heterocycles. The molecule has 0 unspecified atom stereocenters. The summed E-state index contributed by atoms with van der Waals surface area (Å²) < 4.78 is 7.12. The van der Waals surface area contributed by atoms with Crippen molar-refractivity contribution in [3.8, 4) is 5.88 Å². The van der Waals surface area contributed by atoms with Gasteiger partial charge in [0.1, 0.15) is 6.20 Å². The van der Waals surface area contributed by atoms with Crippen molar-refractivity contribution < 1.29 is 4.74 Å². The minimum Gasteiger partial charge on any atom is -0.478 e. The molecule has 1 rings (SSSR count). The summed E-state index contributed by atoms with van der Waals surface area (Å²) in [6.45, 7) is 5.66. The standard InChI is InChI=1S/C8H13N2O/c1-3-7-10-8(11-4-2)5-6-9-10/h5H,3-4,7H2,1-2H3. The molecule has 0 aliphatic carbocycles. The average molecular weight is 153 g/mol. The molecule has 0 bridgehead atoms. The topological polar surface area (TPSA) is 27.1 Å². The maximum absolute atomic E-state index is 5.30. The second kappa shape index (κ2) is 4.01. The molecule has 0 aromatic carbocycles. The maximum Gasteiger partial charge on any atom is 0.212 e. The van der Waals surface area contributed by atoms with E-state index in [4.69, 9.17) is 4.74 Å². The molecular weight excluding hydrogens is 140 g/mol. The summed E-state index contributed by atoms with van der Waals surface area (Å²) in [7, 11) is 0. The van der Waals surface area contributed by atoms with Crippen LogP contribution in [0.1, 0.15) is 20.3 Å². The Balaban J connectivity index is 2.62. The molecule has 1 heterocycles. The molecule has 3 nitrogen and oxygen atoms in total. The van der Waals surface area contributed by atoms with Crippen LogP contribution in [0, 0.1) is 6.20 Å². The Morgan fingerprint density at radius 3 is 3.09 bits per heavy atom. The van der Waals surface area contributed by atoms with Crippen LogP contribution in [0.5, 0.6) is 5.88 Å². The lowest BCUT2D eigenvalue weighted by Crippen LogP contribution is -2.03. The van der Waals surface area contributed by atoms with Crippen molar-refractivity contribution in [2.75, 3.05) is 6.61 Å². The van der Waals surface area contributed by atoms with E-state index >= 15 is 0 Å². The third kappa shape index (κ3) is 1.97. The lowest BCUT2D eigenvalue weighted by molar-refractivity contribution is 0.300. The van der Waals surface area contributed by atoms with Gasteiger partial charge in [0.25, 0.3) is 0 Å². The van der Waals surface area contributed by atoms with Crippen molar-refractivity contribution in [2.45, 2.75) is 26.8 Å². The summed E-state index contributed by atoms with van der Waals surface area (Å²) >= 11 is 0. The molecule has 0 amide bonds. The van der Waals surface area contributed by atoms with Gasteiger partial charge in [-0.1, -0.05) is 6.92 Å². The van der Waals surface area contributed by atoms with Crippen LogP contribution in [0.2, 0.25) is 0 Å². The number of aryl methyl sites for hydroxylation is 1. The van der Waals surface area contributed by atoms with Crippen LogP contribution in [0.25, 0.3) is 0 Å². The van der Waals surface area contributed by atoms with E-state index in [9.17, 15) is 0 Å². The van der Waals surface area contributed by atoms with Gasteiger partial charge in [0.2, 0.25) is 5.88 Å². The van der Waals surface area contributed by atoms with E-state index in [0.29, 0.717) is 6.61 Å². The smallest absolute Gasteiger partial charge is 0.212 e. The van der Waals surface area contributed by atoms with E-state index < -0.39 is 0 Å². The Morgan fingerprint density at radius 2 is 2.45 bits per heavy atom. The number of hydrogen-bond acceptors (Lipinski definition) is 2. The van der Waals surface area contributed by atoms with Crippen LogP contribution in [0.15, 0.2) is 6.07 Å². The van der Waals surface area contributed by atoms with Crippen LogP contribution >= 0.6 is 0 Å². The normalized spacial score (nSPS) is 10.0. The van der Waals surface area contributed by atoms with Crippen molar-refractivity contribution in [1.82, 2.24) is 9.78 Å². The zero-order valence-corrected chi connectivity index (χ0v) is 7.00. The Labute approximate surface area is 67.0 Å². The van der Waals surface area contributed by atoms with Crippen LogP contribution in [0.3, 0.4) is 0 Å². The zero-order valence-electron chi connectivity index (χ0n) is 7.00. The van der Waals surface area contributed by atoms with Gasteiger partial charge in [-0.3, -0.25) is 0 Å². The Morgan fingerprint density at radius 1 is 1.64 bits per heavy atom. The van der Waals surface area contributed by atoms with Gasteiger partial charge >= 0.3 is 0 Å². The van der Waals surface area contributed by atoms with Crippen molar-refractivity contribution in [1.29, 1.82) is 0 Å².